The summed E-state index contributed by atoms with van der Waals surface area (Å²) in [5.74, 6) is 0.508. The second kappa shape index (κ2) is 5.54. The molecule has 2 aromatic rings. The van der Waals surface area contributed by atoms with Crippen LogP contribution in [-0.2, 0) is 0 Å². The fourth-order valence-corrected chi connectivity index (χ4v) is 2.42. The fourth-order valence-electron chi connectivity index (χ4n) is 2.42. The van der Waals surface area contributed by atoms with Crippen molar-refractivity contribution in [3.8, 4) is 11.3 Å². The molecule has 0 N–H and O–H groups in total. The molecule has 0 spiro atoms. The van der Waals surface area contributed by atoms with Gasteiger partial charge in [0.2, 0.25) is 0 Å². The Labute approximate surface area is 117 Å². The molecule has 0 atom stereocenters. The van der Waals surface area contributed by atoms with Crippen LogP contribution in [0.2, 0.25) is 0 Å². The Morgan fingerprint density at radius 1 is 1.00 bits per heavy atom. The van der Waals surface area contributed by atoms with Gasteiger partial charge in [-0.2, -0.15) is 0 Å². The number of piperazine rings is 1. The molecular weight excluding hydrogens is 255 g/mol. The Balaban J connectivity index is 1.99. The zero-order chi connectivity index (χ0) is 13.9. The van der Waals surface area contributed by atoms with Gasteiger partial charge in [0.05, 0.1) is 0 Å². The lowest BCUT2D eigenvalue weighted by Gasteiger charge is -2.33. The summed E-state index contributed by atoms with van der Waals surface area (Å²) in [6.07, 6.45) is 3.28. The molecule has 0 saturated carbocycles. The lowest BCUT2D eigenvalue weighted by molar-refractivity contribution is 0.312. The van der Waals surface area contributed by atoms with Crippen LogP contribution in [0.3, 0.4) is 0 Å². The van der Waals surface area contributed by atoms with E-state index in [1.54, 1.807) is 24.5 Å². The van der Waals surface area contributed by atoms with Crippen molar-refractivity contribution < 1.29 is 4.39 Å². The van der Waals surface area contributed by atoms with Crippen molar-refractivity contribution in [2.24, 2.45) is 0 Å². The van der Waals surface area contributed by atoms with Gasteiger partial charge in [-0.15, -0.1) is 0 Å². The van der Waals surface area contributed by atoms with Gasteiger partial charge in [0.1, 0.15) is 11.5 Å². The summed E-state index contributed by atoms with van der Waals surface area (Å²) in [4.78, 5) is 13.2. The van der Waals surface area contributed by atoms with Crippen molar-refractivity contribution in [1.82, 2.24) is 14.9 Å². The van der Waals surface area contributed by atoms with Crippen LogP contribution in [-0.4, -0.2) is 48.1 Å². The first kappa shape index (κ1) is 13.0. The molecule has 0 amide bonds. The molecule has 1 fully saturated rings. The summed E-state index contributed by atoms with van der Waals surface area (Å²) in [6, 6.07) is 6.71. The first-order valence-corrected chi connectivity index (χ1v) is 6.75. The molecule has 4 nitrogen and oxygen atoms in total. The number of aromatic nitrogens is 2. The van der Waals surface area contributed by atoms with Crippen LogP contribution in [0.25, 0.3) is 11.3 Å². The Morgan fingerprint density at radius 2 is 1.70 bits per heavy atom. The third-order valence-electron chi connectivity index (χ3n) is 3.61. The molecule has 0 bridgehead atoms. The molecule has 1 aromatic heterocycles. The molecule has 3 rings (SSSR count). The number of anilines is 1. The van der Waals surface area contributed by atoms with Crippen LogP contribution in [0.5, 0.6) is 0 Å². The molecular formula is C15H17FN4. The third-order valence-corrected chi connectivity index (χ3v) is 3.61. The first-order valence-electron chi connectivity index (χ1n) is 6.75. The number of nitrogens with zero attached hydrogens (tertiary/aromatic N) is 4. The van der Waals surface area contributed by atoms with Crippen LogP contribution in [0.1, 0.15) is 0 Å². The maximum atomic E-state index is 14.0. The second-order valence-corrected chi connectivity index (χ2v) is 5.00. The lowest BCUT2D eigenvalue weighted by Crippen LogP contribution is -2.45. The summed E-state index contributed by atoms with van der Waals surface area (Å²) in [5, 5.41) is 0. The molecule has 1 saturated heterocycles. The van der Waals surface area contributed by atoms with E-state index in [2.05, 4.69) is 26.8 Å². The molecule has 0 unspecified atom stereocenters. The van der Waals surface area contributed by atoms with Crippen LogP contribution in [0, 0.1) is 5.82 Å². The van der Waals surface area contributed by atoms with E-state index in [0.29, 0.717) is 11.3 Å². The molecule has 1 aliphatic rings. The van der Waals surface area contributed by atoms with Gasteiger partial charge >= 0.3 is 0 Å². The summed E-state index contributed by atoms with van der Waals surface area (Å²) in [7, 11) is 2.10. The standard InChI is InChI=1S/C15H17FN4/c1-19-8-10-20(11-9-19)15-14(17-6-7-18-15)12-4-2-3-5-13(12)16/h2-7H,8-11H2,1H3. The highest BCUT2D eigenvalue weighted by Gasteiger charge is 2.20. The quantitative estimate of drug-likeness (QED) is 0.837. The van der Waals surface area contributed by atoms with E-state index < -0.39 is 0 Å². The smallest absolute Gasteiger partial charge is 0.155 e. The van der Waals surface area contributed by atoms with Gasteiger partial charge in [-0.25, -0.2) is 9.37 Å². The zero-order valence-corrected chi connectivity index (χ0v) is 11.5. The summed E-state index contributed by atoms with van der Waals surface area (Å²) < 4.78 is 14.0. The molecule has 2 heterocycles. The minimum Gasteiger partial charge on any atom is -0.352 e. The highest BCUT2D eigenvalue weighted by molar-refractivity contribution is 5.72. The number of halogens is 1. The molecule has 0 radical (unpaired) electrons. The van der Waals surface area contributed by atoms with Gasteiger partial charge < -0.3 is 9.80 Å². The Morgan fingerprint density at radius 3 is 2.45 bits per heavy atom. The van der Waals surface area contributed by atoms with Gasteiger partial charge in [0.25, 0.3) is 0 Å². The highest BCUT2D eigenvalue weighted by atomic mass is 19.1. The average Bonchev–Trinajstić information content (AvgIpc) is 2.49. The summed E-state index contributed by atoms with van der Waals surface area (Å²) in [6.45, 7) is 3.73. The van der Waals surface area contributed by atoms with Gasteiger partial charge in [0, 0.05) is 44.1 Å². The minimum atomic E-state index is -0.261. The van der Waals surface area contributed by atoms with Crippen molar-refractivity contribution in [3.63, 3.8) is 0 Å². The minimum absolute atomic E-state index is 0.261. The predicted molar refractivity (Wildman–Crippen MR) is 77.1 cm³/mol. The van der Waals surface area contributed by atoms with Crippen molar-refractivity contribution in [2.75, 3.05) is 38.1 Å². The summed E-state index contributed by atoms with van der Waals surface area (Å²) >= 11 is 0. The van der Waals surface area contributed by atoms with Crippen LogP contribution in [0.15, 0.2) is 36.7 Å². The topological polar surface area (TPSA) is 32.3 Å². The number of likely N-dealkylation sites (N-methyl/N-ethyl adjacent to an activating group) is 1. The average molecular weight is 272 g/mol. The van der Waals surface area contributed by atoms with E-state index in [1.165, 1.54) is 6.07 Å². The van der Waals surface area contributed by atoms with E-state index in [-0.39, 0.29) is 5.82 Å². The number of hydrogen-bond donors (Lipinski definition) is 0. The molecule has 104 valence electrons. The van der Waals surface area contributed by atoms with E-state index in [1.807, 2.05) is 6.07 Å². The number of hydrogen-bond acceptors (Lipinski definition) is 4. The second-order valence-electron chi connectivity index (χ2n) is 5.00. The van der Waals surface area contributed by atoms with Crippen molar-refractivity contribution in [3.05, 3.63) is 42.5 Å². The normalized spacial score (nSPS) is 16.4. The van der Waals surface area contributed by atoms with E-state index >= 15 is 0 Å². The fraction of sp³-hybridized carbons (Fsp3) is 0.333. The van der Waals surface area contributed by atoms with Crippen molar-refractivity contribution >= 4 is 5.82 Å². The third kappa shape index (κ3) is 2.49. The predicted octanol–water partition coefficient (Wildman–Crippen LogP) is 2.03. The molecule has 20 heavy (non-hydrogen) atoms. The largest absolute Gasteiger partial charge is 0.352 e. The summed E-state index contributed by atoms with van der Waals surface area (Å²) in [5.41, 5.74) is 1.13. The van der Waals surface area contributed by atoms with Gasteiger partial charge in [0.15, 0.2) is 5.82 Å². The lowest BCUT2D eigenvalue weighted by atomic mass is 10.1. The molecule has 1 aromatic carbocycles. The van der Waals surface area contributed by atoms with Crippen molar-refractivity contribution in [1.29, 1.82) is 0 Å². The molecule has 1 aliphatic heterocycles. The monoisotopic (exact) mass is 272 g/mol. The van der Waals surface area contributed by atoms with Crippen molar-refractivity contribution in [2.45, 2.75) is 0 Å². The van der Waals surface area contributed by atoms with Gasteiger partial charge in [-0.05, 0) is 19.2 Å². The van der Waals surface area contributed by atoms with Crippen LogP contribution < -0.4 is 4.90 Å². The Hall–Kier alpha value is -2.01. The zero-order valence-electron chi connectivity index (χ0n) is 11.5. The van der Waals surface area contributed by atoms with E-state index in [9.17, 15) is 4.39 Å². The number of benzene rings is 1. The van der Waals surface area contributed by atoms with Crippen LogP contribution in [0.4, 0.5) is 10.2 Å². The van der Waals surface area contributed by atoms with Crippen LogP contribution >= 0.6 is 0 Å². The Bertz CT molecular complexity index is 594. The maximum Gasteiger partial charge on any atom is 0.155 e. The molecule has 0 aliphatic carbocycles. The van der Waals surface area contributed by atoms with Gasteiger partial charge in [-0.1, -0.05) is 12.1 Å². The number of rotatable bonds is 2. The highest BCUT2D eigenvalue weighted by Crippen LogP contribution is 2.28. The van der Waals surface area contributed by atoms with E-state index in [4.69, 9.17) is 0 Å². The first-order chi connectivity index (χ1) is 9.75. The van der Waals surface area contributed by atoms with E-state index in [0.717, 1.165) is 32.0 Å². The SMILES string of the molecule is CN1CCN(c2nccnc2-c2ccccc2F)CC1. The van der Waals surface area contributed by atoms with Gasteiger partial charge in [-0.3, -0.25) is 4.98 Å². The maximum absolute atomic E-state index is 14.0. The molecule has 5 heteroatoms. The Kier molecular flexibility index (Phi) is 3.60.